The summed E-state index contributed by atoms with van der Waals surface area (Å²) in [4.78, 5) is 0. The minimum atomic E-state index is -1.75. The number of rotatable bonds is 0. The Hall–Kier alpha value is 1.09. The van der Waals surface area contributed by atoms with E-state index in [0.717, 1.165) is 4.48 Å². The van der Waals surface area contributed by atoms with Crippen LogP contribution in [0, 0.1) is 0 Å². The maximum atomic E-state index is 8.46. The second kappa shape index (κ2) is 9.09. The van der Waals surface area contributed by atoms with Crippen molar-refractivity contribution in [3.8, 4) is 0 Å². The van der Waals surface area contributed by atoms with Gasteiger partial charge in [0, 0.05) is 0 Å². The van der Waals surface area contributed by atoms with E-state index < -0.39 is 15.5 Å². The molecule has 0 aliphatic heterocycles. The number of nitrogens with zero attached hydrogens (tertiary/aromatic N) is 1. The number of quaternary nitrogens is 1. The molecule has 0 fully saturated rings. The molecule has 0 saturated heterocycles. The normalized spacial score (nSPS) is 7.56. The SMILES string of the molecule is C[N+](C)(C)C.[H-].[Na+].[O]=[Al][O-]. The van der Waals surface area contributed by atoms with Gasteiger partial charge in [-0.15, -0.1) is 0 Å². The van der Waals surface area contributed by atoms with Crippen LogP contribution in [0.15, 0.2) is 0 Å². The summed E-state index contributed by atoms with van der Waals surface area (Å²) in [5.74, 6) is 0. The standard InChI is InChI=1S/C4H12N.Al.Na.2O.H/c1-5(2,3)4;;;;;/h1-4H3;;;;;/q+1;;+1;;2*-1. The number of hydrogen-bond donors (Lipinski definition) is 0. The first-order chi connectivity index (χ1) is 3.41. The molecule has 0 spiro atoms. The molecule has 0 aromatic rings. The van der Waals surface area contributed by atoms with Crippen LogP contribution in [0.1, 0.15) is 1.43 Å². The predicted molar refractivity (Wildman–Crippen MR) is 31.5 cm³/mol. The molecular weight excluding hydrogens is 144 g/mol. The molecule has 50 valence electrons. The zero-order chi connectivity index (χ0) is 7.21. The van der Waals surface area contributed by atoms with Crippen LogP contribution in [0.5, 0.6) is 0 Å². The van der Waals surface area contributed by atoms with Gasteiger partial charge in [-0.1, -0.05) is 0 Å². The Morgan fingerprint density at radius 2 is 1.33 bits per heavy atom. The van der Waals surface area contributed by atoms with Crippen molar-refractivity contribution in [2.75, 3.05) is 28.2 Å². The van der Waals surface area contributed by atoms with E-state index in [4.69, 9.17) is 7.96 Å². The quantitative estimate of drug-likeness (QED) is 0.264. The van der Waals surface area contributed by atoms with Gasteiger partial charge in [-0.3, -0.25) is 0 Å². The molecule has 0 aliphatic rings. The van der Waals surface area contributed by atoms with Crippen molar-refractivity contribution in [1.82, 2.24) is 0 Å². The van der Waals surface area contributed by atoms with Crippen LogP contribution in [-0.2, 0) is 3.80 Å². The molecule has 0 unspecified atom stereocenters. The molecule has 0 aromatic carbocycles. The fourth-order valence-corrected chi connectivity index (χ4v) is 0. The van der Waals surface area contributed by atoms with Gasteiger partial charge >= 0.3 is 53.0 Å². The van der Waals surface area contributed by atoms with E-state index in [1.165, 1.54) is 0 Å². The summed E-state index contributed by atoms with van der Waals surface area (Å²) < 4.78 is 17.9. The Morgan fingerprint density at radius 3 is 1.33 bits per heavy atom. The fraction of sp³-hybridized carbons (Fsp3) is 1.00. The van der Waals surface area contributed by atoms with Gasteiger partial charge in [0.25, 0.3) is 0 Å². The van der Waals surface area contributed by atoms with Gasteiger partial charge < -0.3 is 5.91 Å². The molecule has 0 saturated carbocycles. The molecule has 0 radical (unpaired) electrons. The predicted octanol–water partition coefficient (Wildman–Crippen LogP) is -4.25. The zero-order valence-corrected chi connectivity index (χ0v) is 10.00. The van der Waals surface area contributed by atoms with Gasteiger partial charge in [0.1, 0.15) is 0 Å². The first kappa shape index (κ1) is 16.6. The molecule has 0 rings (SSSR count). The van der Waals surface area contributed by atoms with Crippen LogP contribution in [0.25, 0.3) is 0 Å². The van der Waals surface area contributed by atoms with E-state index in [-0.39, 0.29) is 31.0 Å². The molecule has 0 aromatic heterocycles. The van der Waals surface area contributed by atoms with E-state index in [2.05, 4.69) is 28.2 Å². The molecule has 0 N–H and O–H groups in total. The van der Waals surface area contributed by atoms with Crippen LogP contribution in [-0.4, -0.2) is 48.2 Å². The topological polar surface area (TPSA) is 40.1 Å². The van der Waals surface area contributed by atoms with E-state index in [0.29, 0.717) is 0 Å². The van der Waals surface area contributed by atoms with Crippen LogP contribution >= 0.6 is 0 Å². The van der Waals surface area contributed by atoms with Crippen molar-refractivity contribution in [3.63, 3.8) is 0 Å². The van der Waals surface area contributed by atoms with Crippen LogP contribution in [0.4, 0.5) is 0 Å². The monoisotopic (exact) mass is 157 g/mol. The minimum absolute atomic E-state index is 0. The average Bonchev–Trinajstić information content (AvgIpc) is 1.27. The Labute approximate surface area is 86.7 Å². The first-order valence-corrected chi connectivity index (χ1v) is 3.20. The summed E-state index contributed by atoms with van der Waals surface area (Å²) in [7, 11) is 8.50. The van der Waals surface area contributed by atoms with Gasteiger partial charge in [0.2, 0.25) is 0 Å². The Balaban J connectivity index is -0.0000000326. The molecule has 0 bridgehead atoms. The molecule has 5 heteroatoms. The summed E-state index contributed by atoms with van der Waals surface area (Å²) in [6.45, 7) is 0. The van der Waals surface area contributed by atoms with Crippen molar-refractivity contribution in [1.29, 1.82) is 0 Å². The molecular formula is C4H13AlNNaO2. The third-order valence-electron chi connectivity index (χ3n) is 0. The maximum absolute atomic E-state index is 8.46. The number of hydrogen-bond acceptors (Lipinski definition) is 2. The van der Waals surface area contributed by atoms with Gasteiger partial charge in [-0.25, -0.2) is 0 Å². The van der Waals surface area contributed by atoms with E-state index in [1.807, 2.05) is 0 Å². The first-order valence-electron chi connectivity index (χ1n) is 2.26. The summed E-state index contributed by atoms with van der Waals surface area (Å²) >= 11 is -1.75. The van der Waals surface area contributed by atoms with Gasteiger partial charge in [-0.2, -0.15) is 0 Å². The van der Waals surface area contributed by atoms with Crippen molar-refractivity contribution in [2.45, 2.75) is 0 Å². The molecule has 0 aliphatic carbocycles. The van der Waals surface area contributed by atoms with Crippen molar-refractivity contribution in [2.24, 2.45) is 0 Å². The van der Waals surface area contributed by atoms with Crippen molar-refractivity contribution >= 4 is 15.5 Å². The third kappa shape index (κ3) is 383. The molecule has 3 nitrogen and oxygen atoms in total. The molecule has 0 amide bonds. The van der Waals surface area contributed by atoms with Gasteiger partial charge in [0.15, 0.2) is 0 Å². The zero-order valence-electron chi connectivity index (χ0n) is 7.84. The van der Waals surface area contributed by atoms with Crippen LogP contribution < -0.4 is 33.7 Å². The van der Waals surface area contributed by atoms with E-state index in [9.17, 15) is 0 Å². The Bertz CT molecular complexity index is 62.8. The Morgan fingerprint density at radius 1 is 1.33 bits per heavy atom. The van der Waals surface area contributed by atoms with Crippen LogP contribution in [0.3, 0.4) is 0 Å². The summed E-state index contributed by atoms with van der Waals surface area (Å²) in [5, 5.41) is 0. The fourth-order valence-electron chi connectivity index (χ4n) is 0. The molecule has 9 heavy (non-hydrogen) atoms. The second-order valence-corrected chi connectivity index (χ2v) is 2.97. The second-order valence-electron chi connectivity index (χ2n) is 2.78. The third-order valence-corrected chi connectivity index (χ3v) is 0. The average molecular weight is 157 g/mol. The van der Waals surface area contributed by atoms with Crippen molar-refractivity contribution in [3.05, 3.63) is 0 Å². The van der Waals surface area contributed by atoms with Gasteiger partial charge in [-0.05, 0) is 0 Å². The summed E-state index contributed by atoms with van der Waals surface area (Å²) in [5.41, 5.74) is 0. The molecule has 0 heterocycles. The summed E-state index contributed by atoms with van der Waals surface area (Å²) in [6.07, 6.45) is 0. The Kier molecular flexibility index (Phi) is 16.8. The van der Waals surface area contributed by atoms with E-state index >= 15 is 0 Å². The molecule has 0 atom stereocenters. The van der Waals surface area contributed by atoms with Crippen LogP contribution in [0.2, 0.25) is 0 Å². The summed E-state index contributed by atoms with van der Waals surface area (Å²) in [6, 6.07) is 0. The van der Waals surface area contributed by atoms with E-state index in [1.54, 1.807) is 0 Å². The van der Waals surface area contributed by atoms with Crippen molar-refractivity contribution < 1.29 is 43.4 Å². The van der Waals surface area contributed by atoms with Gasteiger partial charge in [0.05, 0.1) is 28.2 Å².